The van der Waals surface area contributed by atoms with E-state index in [1.165, 1.54) is 7.11 Å². The summed E-state index contributed by atoms with van der Waals surface area (Å²) < 4.78 is 10.3. The molecular formula is C19H20N4O3. The number of carbonyl (C=O) groups is 1. The molecule has 0 N–H and O–H groups in total. The molecule has 0 unspecified atom stereocenters. The molecule has 1 aromatic heterocycles. The van der Waals surface area contributed by atoms with Crippen LogP contribution in [0.3, 0.4) is 0 Å². The molecule has 7 heteroatoms. The van der Waals surface area contributed by atoms with Crippen LogP contribution in [0.4, 0.5) is 5.69 Å². The van der Waals surface area contributed by atoms with Gasteiger partial charge in [0.1, 0.15) is 17.4 Å². The van der Waals surface area contributed by atoms with Crippen molar-refractivity contribution in [1.82, 2.24) is 9.88 Å². The Morgan fingerprint density at radius 2 is 1.77 bits per heavy atom. The normalized spacial score (nSPS) is 13.9. The molecule has 2 aromatic rings. The molecule has 1 aliphatic rings. The minimum Gasteiger partial charge on any atom is -0.497 e. The van der Waals surface area contributed by atoms with Crippen LogP contribution in [0.5, 0.6) is 11.6 Å². The first-order valence-electron chi connectivity index (χ1n) is 8.29. The van der Waals surface area contributed by atoms with Crippen LogP contribution in [0, 0.1) is 11.3 Å². The Morgan fingerprint density at radius 1 is 1.08 bits per heavy atom. The van der Waals surface area contributed by atoms with Gasteiger partial charge < -0.3 is 19.3 Å². The fraction of sp³-hybridized carbons (Fsp3) is 0.316. The lowest BCUT2D eigenvalue weighted by atomic mass is 10.1. The lowest BCUT2D eigenvalue weighted by Gasteiger charge is -2.36. The van der Waals surface area contributed by atoms with Crippen molar-refractivity contribution in [3.8, 4) is 17.7 Å². The first kappa shape index (κ1) is 17.5. The van der Waals surface area contributed by atoms with Gasteiger partial charge >= 0.3 is 0 Å². The molecule has 1 aromatic carbocycles. The number of rotatable bonds is 4. The number of hydrogen-bond acceptors (Lipinski definition) is 6. The van der Waals surface area contributed by atoms with Gasteiger partial charge in [-0.1, -0.05) is 0 Å². The summed E-state index contributed by atoms with van der Waals surface area (Å²) in [6.07, 6.45) is 1.63. The van der Waals surface area contributed by atoms with E-state index in [9.17, 15) is 10.1 Å². The molecule has 1 fully saturated rings. The molecular weight excluding hydrogens is 332 g/mol. The third-order valence-electron chi connectivity index (χ3n) is 4.44. The molecule has 3 rings (SSSR count). The van der Waals surface area contributed by atoms with Gasteiger partial charge in [-0.2, -0.15) is 5.26 Å². The minimum absolute atomic E-state index is 0.000110. The molecule has 0 bridgehead atoms. The number of aromatic nitrogens is 1. The maximum Gasteiger partial charge on any atom is 0.253 e. The van der Waals surface area contributed by atoms with Crippen LogP contribution in [0.2, 0.25) is 0 Å². The number of anilines is 1. The average Bonchev–Trinajstić information content (AvgIpc) is 2.72. The molecule has 26 heavy (non-hydrogen) atoms. The van der Waals surface area contributed by atoms with Crippen LogP contribution >= 0.6 is 0 Å². The summed E-state index contributed by atoms with van der Waals surface area (Å²) in [5, 5.41) is 9.42. The van der Waals surface area contributed by atoms with E-state index in [-0.39, 0.29) is 5.91 Å². The summed E-state index contributed by atoms with van der Waals surface area (Å²) in [5.41, 5.74) is 1.85. The van der Waals surface area contributed by atoms with E-state index in [4.69, 9.17) is 9.47 Å². The highest BCUT2D eigenvalue weighted by atomic mass is 16.5. The van der Waals surface area contributed by atoms with Gasteiger partial charge in [0.05, 0.1) is 19.9 Å². The van der Waals surface area contributed by atoms with Crippen LogP contribution in [0.25, 0.3) is 0 Å². The number of amides is 1. The van der Waals surface area contributed by atoms with Gasteiger partial charge in [-0.3, -0.25) is 4.79 Å². The molecule has 1 saturated heterocycles. The van der Waals surface area contributed by atoms with E-state index in [2.05, 4.69) is 16.0 Å². The monoisotopic (exact) mass is 352 g/mol. The summed E-state index contributed by atoms with van der Waals surface area (Å²) in [7, 11) is 3.10. The van der Waals surface area contributed by atoms with Crippen LogP contribution in [0.15, 0.2) is 36.5 Å². The third kappa shape index (κ3) is 3.40. The highest BCUT2D eigenvalue weighted by molar-refractivity contribution is 5.94. The second-order valence-electron chi connectivity index (χ2n) is 5.83. The van der Waals surface area contributed by atoms with E-state index in [1.54, 1.807) is 37.6 Å². The van der Waals surface area contributed by atoms with Gasteiger partial charge in [-0.25, -0.2) is 4.98 Å². The van der Waals surface area contributed by atoms with Crippen molar-refractivity contribution in [3.05, 3.63) is 47.7 Å². The molecule has 7 nitrogen and oxygen atoms in total. The van der Waals surface area contributed by atoms with Crippen LogP contribution in [-0.4, -0.2) is 56.2 Å². The predicted molar refractivity (Wildman–Crippen MR) is 96.6 cm³/mol. The van der Waals surface area contributed by atoms with Crippen LogP contribution < -0.4 is 14.4 Å². The SMILES string of the molecule is COc1ccc(C(=O)N2CCN(c3ccnc(OC)c3C#N)CC2)cc1. The van der Waals surface area contributed by atoms with Crippen LogP contribution in [-0.2, 0) is 0 Å². The Hall–Kier alpha value is -3.27. The molecule has 0 aliphatic carbocycles. The summed E-state index contributed by atoms with van der Waals surface area (Å²) >= 11 is 0. The maximum absolute atomic E-state index is 12.7. The number of pyridine rings is 1. The van der Waals surface area contributed by atoms with E-state index in [0.29, 0.717) is 43.2 Å². The van der Waals surface area contributed by atoms with E-state index < -0.39 is 0 Å². The minimum atomic E-state index is 0.000110. The molecule has 0 atom stereocenters. The Bertz CT molecular complexity index is 822. The van der Waals surface area contributed by atoms with E-state index in [1.807, 2.05) is 11.0 Å². The maximum atomic E-state index is 12.7. The van der Waals surface area contributed by atoms with Crippen molar-refractivity contribution in [2.24, 2.45) is 0 Å². The highest BCUT2D eigenvalue weighted by Gasteiger charge is 2.24. The average molecular weight is 352 g/mol. The van der Waals surface area contributed by atoms with Gasteiger partial charge in [0.2, 0.25) is 5.88 Å². The summed E-state index contributed by atoms with van der Waals surface area (Å²) in [6, 6.07) is 11.1. The van der Waals surface area contributed by atoms with Gasteiger partial charge in [-0.05, 0) is 30.3 Å². The lowest BCUT2D eigenvalue weighted by molar-refractivity contribution is 0.0746. The Kier molecular flexibility index (Phi) is 5.23. The number of piperazine rings is 1. The first-order valence-corrected chi connectivity index (χ1v) is 8.29. The van der Waals surface area contributed by atoms with Gasteiger partial charge in [0.15, 0.2) is 0 Å². The smallest absolute Gasteiger partial charge is 0.253 e. The fourth-order valence-corrected chi connectivity index (χ4v) is 3.02. The number of hydrogen-bond donors (Lipinski definition) is 0. The van der Waals surface area contributed by atoms with Gasteiger partial charge in [0, 0.05) is 37.9 Å². The van der Waals surface area contributed by atoms with Crippen LogP contribution in [0.1, 0.15) is 15.9 Å². The van der Waals surface area contributed by atoms with Crippen molar-refractivity contribution in [2.45, 2.75) is 0 Å². The summed E-state index contributed by atoms with van der Waals surface area (Å²) in [5.74, 6) is 1.05. The molecule has 0 radical (unpaired) electrons. The number of carbonyl (C=O) groups excluding carboxylic acids is 1. The topological polar surface area (TPSA) is 78.7 Å². The van der Waals surface area contributed by atoms with Gasteiger partial charge in [0.25, 0.3) is 5.91 Å². The number of nitriles is 1. The number of ether oxygens (including phenoxy) is 2. The van der Waals surface area contributed by atoms with Crippen molar-refractivity contribution in [2.75, 3.05) is 45.3 Å². The molecule has 1 amide bonds. The zero-order chi connectivity index (χ0) is 18.5. The number of methoxy groups -OCH3 is 2. The second kappa shape index (κ2) is 7.74. The molecule has 0 saturated carbocycles. The number of nitrogens with zero attached hydrogens (tertiary/aromatic N) is 4. The molecule has 0 spiro atoms. The third-order valence-corrected chi connectivity index (χ3v) is 4.44. The first-order chi connectivity index (χ1) is 12.7. The van der Waals surface area contributed by atoms with Gasteiger partial charge in [-0.15, -0.1) is 0 Å². The highest BCUT2D eigenvalue weighted by Crippen LogP contribution is 2.27. The summed E-state index contributed by atoms with van der Waals surface area (Å²) in [6.45, 7) is 2.45. The molecule has 1 aliphatic heterocycles. The number of benzene rings is 1. The Labute approximate surface area is 152 Å². The largest absolute Gasteiger partial charge is 0.497 e. The van der Waals surface area contributed by atoms with E-state index >= 15 is 0 Å². The fourth-order valence-electron chi connectivity index (χ4n) is 3.02. The molecule has 2 heterocycles. The quantitative estimate of drug-likeness (QED) is 0.837. The molecule has 134 valence electrons. The standard InChI is InChI=1S/C19H20N4O3/c1-25-15-5-3-14(4-6-15)19(24)23-11-9-22(10-12-23)17-7-8-21-18(26-2)16(17)13-20/h3-8H,9-12H2,1-2H3. The zero-order valence-corrected chi connectivity index (χ0v) is 14.8. The lowest BCUT2D eigenvalue weighted by Crippen LogP contribution is -2.49. The second-order valence-corrected chi connectivity index (χ2v) is 5.83. The van der Waals surface area contributed by atoms with Crippen molar-refractivity contribution in [3.63, 3.8) is 0 Å². The zero-order valence-electron chi connectivity index (χ0n) is 14.8. The summed E-state index contributed by atoms with van der Waals surface area (Å²) in [4.78, 5) is 20.6. The van der Waals surface area contributed by atoms with Crippen molar-refractivity contribution in [1.29, 1.82) is 5.26 Å². The van der Waals surface area contributed by atoms with E-state index in [0.717, 1.165) is 11.4 Å². The van der Waals surface area contributed by atoms with Crippen molar-refractivity contribution >= 4 is 11.6 Å². The predicted octanol–water partition coefficient (Wildman–Crippen LogP) is 1.93. The Balaban J connectivity index is 1.69. The van der Waals surface area contributed by atoms with Crippen molar-refractivity contribution < 1.29 is 14.3 Å². The Morgan fingerprint density at radius 3 is 2.35 bits per heavy atom.